The number of ether oxygens (including phenoxy) is 1. The fourth-order valence-electron chi connectivity index (χ4n) is 2.09. The number of carbonyl (C=O) groups excluding carboxylic acids is 1. The van der Waals surface area contributed by atoms with Crippen LogP contribution < -0.4 is 5.32 Å². The Labute approximate surface area is 105 Å². The predicted octanol–water partition coefficient (Wildman–Crippen LogP) is 1.74. The van der Waals surface area contributed by atoms with E-state index >= 15 is 0 Å². The Hall–Kier alpha value is -1.46. The Morgan fingerprint density at radius 3 is 2.78 bits per heavy atom. The first kappa shape index (κ1) is 13.0. The van der Waals surface area contributed by atoms with Gasteiger partial charge >= 0.3 is 0 Å². The van der Waals surface area contributed by atoms with E-state index in [1.165, 1.54) is 13.2 Å². The van der Waals surface area contributed by atoms with E-state index in [2.05, 4.69) is 5.32 Å². The van der Waals surface area contributed by atoms with Crippen LogP contribution in [-0.2, 0) is 14.9 Å². The van der Waals surface area contributed by atoms with Crippen molar-refractivity contribution in [1.29, 1.82) is 0 Å². The number of aliphatic hydroxyl groups excluding tert-OH is 1. The van der Waals surface area contributed by atoms with Crippen LogP contribution in [0.5, 0.6) is 0 Å². The predicted molar refractivity (Wildman–Crippen MR) is 64.9 cm³/mol. The molecule has 1 unspecified atom stereocenters. The average molecular weight is 253 g/mol. The summed E-state index contributed by atoms with van der Waals surface area (Å²) < 4.78 is 18.7. The molecule has 0 saturated heterocycles. The summed E-state index contributed by atoms with van der Waals surface area (Å²) in [6.07, 6.45) is -0.902. The van der Waals surface area contributed by atoms with E-state index in [9.17, 15) is 14.3 Å². The molecule has 1 heterocycles. The van der Waals surface area contributed by atoms with Gasteiger partial charge in [-0.2, -0.15) is 0 Å². The van der Waals surface area contributed by atoms with Gasteiger partial charge in [-0.15, -0.1) is 0 Å². The minimum atomic E-state index is -0.902. The number of carbonyl (C=O) groups is 1. The lowest BCUT2D eigenvalue weighted by molar-refractivity contribution is -0.119. The quantitative estimate of drug-likeness (QED) is 0.862. The lowest BCUT2D eigenvalue weighted by atomic mass is 9.85. The Kier molecular flexibility index (Phi) is 3.12. The zero-order chi connectivity index (χ0) is 13.5. The summed E-state index contributed by atoms with van der Waals surface area (Å²) in [6.45, 7) is 3.53. The van der Waals surface area contributed by atoms with E-state index < -0.39 is 17.3 Å². The van der Waals surface area contributed by atoms with Crippen molar-refractivity contribution < 1.29 is 19.0 Å². The van der Waals surface area contributed by atoms with Gasteiger partial charge in [0.15, 0.2) is 0 Å². The van der Waals surface area contributed by atoms with Crippen LogP contribution in [0.15, 0.2) is 12.1 Å². The molecule has 0 radical (unpaired) electrons. The minimum Gasteiger partial charge on any atom is -0.386 e. The fraction of sp³-hybridized carbons (Fsp3) is 0.462. The molecule has 0 saturated carbocycles. The van der Waals surface area contributed by atoms with Crippen LogP contribution in [0, 0.1) is 5.82 Å². The number of fused-ring (bicyclic) bond motifs is 1. The van der Waals surface area contributed by atoms with Gasteiger partial charge < -0.3 is 15.2 Å². The number of benzene rings is 1. The van der Waals surface area contributed by atoms with Gasteiger partial charge in [-0.05, 0) is 37.1 Å². The van der Waals surface area contributed by atoms with Crippen LogP contribution in [0.4, 0.5) is 10.1 Å². The maximum Gasteiger partial charge on any atom is 0.234 e. The normalized spacial score (nSPS) is 18.4. The molecule has 2 N–H and O–H groups in total. The highest BCUT2D eigenvalue weighted by molar-refractivity contribution is 6.05. The van der Waals surface area contributed by atoms with Gasteiger partial charge in [0.1, 0.15) is 11.9 Å². The van der Waals surface area contributed by atoms with Crippen LogP contribution in [0.3, 0.4) is 0 Å². The number of nitrogens with one attached hydrogen (secondary N) is 1. The van der Waals surface area contributed by atoms with Crippen molar-refractivity contribution in [2.24, 2.45) is 0 Å². The highest BCUT2D eigenvalue weighted by Gasteiger charge is 2.40. The summed E-state index contributed by atoms with van der Waals surface area (Å²) in [6, 6.07) is 2.88. The van der Waals surface area contributed by atoms with Crippen LogP contribution in [-0.4, -0.2) is 24.7 Å². The lowest BCUT2D eigenvalue weighted by Gasteiger charge is -2.17. The van der Waals surface area contributed by atoms with Crippen molar-refractivity contribution in [2.45, 2.75) is 25.4 Å². The van der Waals surface area contributed by atoms with Crippen LogP contribution in [0.1, 0.15) is 31.1 Å². The van der Waals surface area contributed by atoms with Crippen molar-refractivity contribution >= 4 is 11.6 Å². The summed E-state index contributed by atoms with van der Waals surface area (Å²) in [4.78, 5) is 11.7. The minimum absolute atomic E-state index is 0.0834. The number of halogens is 1. The summed E-state index contributed by atoms with van der Waals surface area (Å²) in [5.74, 6) is -0.772. The molecule has 18 heavy (non-hydrogen) atoms. The second kappa shape index (κ2) is 4.33. The van der Waals surface area contributed by atoms with E-state index in [-0.39, 0.29) is 18.2 Å². The molecule has 0 bridgehead atoms. The van der Waals surface area contributed by atoms with Gasteiger partial charge in [0.2, 0.25) is 5.91 Å². The molecule has 0 fully saturated rings. The van der Waals surface area contributed by atoms with Crippen molar-refractivity contribution in [3.8, 4) is 0 Å². The molecule has 0 aliphatic carbocycles. The van der Waals surface area contributed by atoms with Gasteiger partial charge in [0.05, 0.1) is 17.7 Å². The number of hydrogen-bond acceptors (Lipinski definition) is 3. The van der Waals surface area contributed by atoms with Crippen molar-refractivity contribution in [1.82, 2.24) is 0 Å². The zero-order valence-electron chi connectivity index (χ0n) is 10.6. The second-order valence-corrected chi connectivity index (χ2v) is 4.98. The molecule has 1 aromatic rings. The van der Waals surface area contributed by atoms with Crippen LogP contribution in [0.25, 0.3) is 0 Å². The second-order valence-electron chi connectivity index (χ2n) is 4.98. The van der Waals surface area contributed by atoms with Crippen molar-refractivity contribution in [3.05, 3.63) is 29.1 Å². The highest BCUT2D eigenvalue weighted by atomic mass is 19.1. The molecule has 1 atom stereocenters. The maximum atomic E-state index is 13.9. The van der Waals surface area contributed by atoms with E-state index in [4.69, 9.17) is 4.74 Å². The highest BCUT2D eigenvalue weighted by Crippen LogP contribution is 2.40. The van der Waals surface area contributed by atoms with Gasteiger partial charge in [-0.25, -0.2) is 4.39 Å². The fourth-order valence-corrected chi connectivity index (χ4v) is 2.09. The smallest absolute Gasteiger partial charge is 0.234 e. The molecule has 0 spiro atoms. The van der Waals surface area contributed by atoms with Gasteiger partial charge in [0.25, 0.3) is 0 Å². The molecule has 4 nitrogen and oxygen atoms in total. The molecule has 0 aromatic heterocycles. The molecule has 2 rings (SSSR count). The van der Waals surface area contributed by atoms with Crippen LogP contribution >= 0.6 is 0 Å². The summed E-state index contributed by atoms with van der Waals surface area (Å²) in [5, 5.41) is 12.3. The van der Waals surface area contributed by atoms with E-state index in [1.54, 1.807) is 19.9 Å². The molecule has 5 heteroatoms. The number of aliphatic hydroxyl groups is 1. The van der Waals surface area contributed by atoms with Crippen LogP contribution in [0.2, 0.25) is 0 Å². The summed E-state index contributed by atoms with van der Waals surface area (Å²) in [5.41, 5.74) is 0.396. The SMILES string of the molecule is COCC(O)c1cc(F)c2c(c1)C(C)(C)C(=O)N2. The number of rotatable bonds is 3. The Balaban J connectivity index is 2.49. The monoisotopic (exact) mass is 253 g/mol. The summed E-state index contributed by atoms with van der Waals surface area (Å²) >= 11 is 0. The molecular weight excluding hydrogens is 237 g/mol. The van der Waals surface area contributed by atoms with Crippen molar-refractivity contribution in [3.63, 3.8) is 0 Å². The third kappa shape index (κ3) is 1.89. The molecule has 1 amide bonds. The number of amides is 1. The Bertz CT molecular complexity index is 499. The van der Waals surface area contributed by atoms with E-state index in [0.717, 1.165) is 0 Å². The van der Waals surface area contributed by atoms with Gasteiger partial charge in [-0.1, -0.05) is 0 Å². The molecule has 1 aromatic carbocycles. The maximum absolute atomic E-state index is 13.9. The lowest BCUT2D eigenvalue weighted by Crippen LogP contribution is -2.27. The largest absolute Gasteiger partial charge is 0.386 e. The molecule has 98 valence electrons. The molecule has 1 aliphatic rings. The van der Waals surface area contributed by atoms with E-state index in [0.29, 0.717) is 11.1 Å². The first-order chi connectivity index (χ1) is 8.37. The average Bonchev–Trinajstić information content (AvgIpc) is 2.52. The standard InChI is InChI=1S/C13H16FNO3/c1-13(2)8-4-7(10(16)6-18-3)5-9(14)11(8)15-12(13)17/h4-5,10,16H,6H2,1-3H3,(H,15,17). The number of anilines is 1. The van der Waals surface area contributed by atoms with Crippen molar-refractivity contribution in [2.75, 3.05) is 19.0 Å². The summed E-state index contributed by atoms with van der Waals surface area (Å²) in [7, 11) is 1.46. The Morgan fingerprint density at radius 1 is 1.50 bits per heavy atom. The van der Waals surface area contributed by atoms with Gasteiger partial charge in [0, 0.05) is 7.11 Å². The first-order valence-electron chi connectivity index (χ1n) is 5.70. The zero-order valence-corrected chi connectivity index (χ0v) is 10.6. The van der Waals surface area contributed by atoms with E-state index in [1.807, 2.05) is 0 Å². The third-order valence-corrected chi connectivity index (χ3v) is 3.30. The Morgan fingerprint density at radius 2 is 2.17 bits per heavy atom. The molecular formula is C13H16FNO3. The van der Waals surface area contributed by atoms with Gasteiger partial charge in [-0.3, -0.25) is 4.79 Å². The number of hydrogen-bond donors (Lipinski definition) is 2. The third-order valence-electron chi connectivity index (χ3n) is 3.30. The number of methoxy groups -OCH3 is 1. The molecule has 1 aliphatic heterocycles. The first-order valence-corrected chi connectivity index (χ1v) is 5.70. The topological polar surface area (TPSA) is 58.6 Å².